The highest BCUT2D eigenvalue weighted by Crippen LogP contribution is 2.23. The Bertz CT molecular complexity index is 306. The average Bonchev–Trinajstić information content (AvgIpc) is 2.69. The summed E-state index contributed by atoms with van der Waals surface area (Å²) in [6, 6.07) is 4.60. The van der Waals surface area contributed by atoms with Gasteiger partial charge in [-0.15, -0.1) is 11.3 Å². The van der Waals surface area contributed by atoms with Crippen LogP contribution in [-0.4, -0.2) is 17.3 Å². The Hall–Kier alpha value is -0.380. The molecule has 0 saturated heterocycles. The van der Waals surface area contributed by atoms with Crippen LogP contribution < -0.4 is 5.32 Å². The smallest absolute Gasteiger partial charge is 0.0746 e. The molecule has 0 amide bonds. The molecule has 0 aromatic carbocycles. The summed E-state index contributed by atoms with van der Waals surface area (Å²) in [6.45, 7) is 9.04. The van der Waals surface area contributed by atoms with E-state index in [1.807, 2.05) is 6.92 Å². The Balaban J connectivity index is 2.48. The fraction of sp³-hybridized carbons (Fsp3) is 0.714. The number of hydrogen-bond donors (Lipinski definition) is 2. The molecule has 1 aromatic rings. The summed E-state index contributed by atoms with van der Waals surface area (Å²) >= 11 is 1.78. The van der Waals surface area contributed by atoms with Crippen LogP contribution in [0.3, 0.4) is 0 Å². The SMILES string of the molecule is CCC(NCC(C)(O)CC(C)C)c1cccs1. The molecule has 0 aliphatic heterocycles. The minimum atomic E-state index is -0.612. The van der Waals surface area contributed by atoms with Crippen LogP contribution in [-0.2, 0) is 0 Å². The lowest BCUT2D eigenvalue weighted by Crippen LogP contribution is -2.40. The third kappa shape index (κ3) is 5.19. The van der Waals surface area contributed by atoms with E-state index in [4.69, 9.17) is 0 Å². The first-order valence-corrected chi connectivity index (χ1v) is 7.31. The van der Waals surface area contributed by atoms with Crippen LogP contribution in [0.1, 0.15) is 51.5 Å². The molecule has 98 valence electrons. The van der Waals surface area contributed by atoms with Gasteiger partial charge in [0, 0.05) is 17.5 Å². The largest absolute Gasteiger partial charge is 0.389 e. The Morgan fingerprint density at radius 2 is 2.18 bits per heavy atom. The standard InChI is InChI=1S/C14H25NOS/c1-5-12(13-7-6-8-17-13)15-10-14(4,16)9-11(2)3/h6-8,11-12,15-16H,5,9-10H2,1-4H3. The zero-order valence-electron chi connectivity index (χ0n) is 11.4. The minimum absolute atomic E-state index is 0.369. The molecule has 0 fully saturated rings. The second kappa shape index (κ2) is 6.53. The van der Waals surface area contributed by atoms with E-state index in [1.165, 1.54) is 4.88 Å². The second-order valence-electron chi connectivity index (χ2n) is 5.45. The molecule has 0 aliphatic carbocycles. The van der Waals surface area contributed by atoms with E-state index in [2.05, 4.69) is 43.6 Å². The van der Waals surface area contributed by atoms with Crippen molar-refractivity contribution in [2.45, 2.75) is 52.2 Å². The van der Waals surface area contributed by atoms with Gasteiger partial charge in [-0.2, -0.15) is 0 Å². The summed E-state index contributed by atoms with van der Waals surface area (Å²) in [5.41, 5.74) is -0.612. The first-order valence-electron chi connectivity index (χ1n) is 6.44. The van der Waals surface area contributed by atoms with Crippen LogP contribution in [0.5, 0.6) is 0 Å². The lowest BCUT2D eigenvalue weighted by molar-refractivity contribution is 0.0358. The van der Waals surface area contributed by atoms with E-state index >= 15 is 0 Å². The van der Waals surface area contributed by atoms with Gasteiger partial charge < -0.3 is 10.4 Å². The lowest BCUT2D eigenvalue weighted by atomic mass is 9.94. The maximum atomic E-state index is 10.3. The molecule has 0 radical (unpaired) electrons. The van der Waals surface area contributed by atoms with E-state index in [1.54, 1.807) is 11.3 Å². The normalized spacial score (nSPS) is 17.1. The van der Waals surface area contributed by atoms with Crippen molar-refractivity contribution in [3.63, 3.8) is 0 Å². The van der Waals surface area contributed by atoms with Crippen molar-refractivity contribution < 1.29 is 5.11 Å². The molecule has 0 bridgehead atoms. The molecule has 2 unspecified atom stereocenters. The molecule has 2 nitrogen and oxygen atoms in total. The number of nitrogens with one attached hydrogen (secondary N) is 1. The predicted octanol–water partition coefficient (Wildman–Crippen LogP) is 3.59. The molecule has 1 rings (SSSR count). The van der Waals surface area contributed by atoms with Crippen LogP contribution >= 0.6 is 11.3 Å². The molecule has 0 aliphatic rings. The molecular formula is C14H25NOS. The zero-order valence-corrected chi connectivity index (χ0v) is 12.2. The van der Waals surface area contributed by atoms with Crippen molar-refractivity contribution >= 4 is 11.3 Å². The molecular weight excluding hydrogens is 230 g/mol. The van der Waals surface area contributed by atoms with E-state index in [0.717, 1.165) is 12.8 Å². The Kier molecular flexibility index (Phi) is 5.63. The molecule has 3 heteroatoms. The van der Waals surface area contributed by atoms with Gasteiger partial charge in [0.1, 0.15) is 0 Å². The van der Waals surface area contributed by atoms with Gasteiger partial charge in [0.2, 0.25) is 0 Å². The Labute approximate surface area is 109 Å². The van der Waals surface area contributed by atoms with Gasteiger partial charge in [0.05, 0.1) is 5.60 Å². The summed E-state index contributed by atoms with van der Waals surface area (Å²) in [6.07, 6.45) is 1.89. The van der Waals surface area contributed by atoms with Gasteiger partial charge in [-0.25, -0.2) is 0 Å². The van der Waals surface area contributed by atoms with Crippen molar-refractivity contribution in [2.24, 2.45) is 5.92 Å². The van der Waals surface area contributed by atoms with E-state index in [0.29, 0.717) is 18.5 Å². The Morgan fingerprint density at radius 3 is 2.65 bits per heavy atom. The molecule has 17 heavy (non-hydrogen) atoms. The fourth-order valence-electron chi connectivity index (χ4n) is 2.23. The van der Waals surface area contributed by atoms with Crippen LogP contribution in [0.15, 0.2) is 17.5 Å². The van der Waals surface area contributed by atoms with Crippen molar-refractivity contribution in [3.8, 4) is 0 Å². The molecule has 0 spiro atoms. The van der Waals surface area contributed by atoms with Crippen LogP contribution in [0.2, 0.25) is 0 Å². The fourth-order valence-corrected chi connectivity index (χ4v) is 3.12. The summed E-state index contributed by atoms with van der Waals surface area (Å²) in [5.74, 6) is 0.522. The van der Waals surface area contributed by atoms with Crippen molar-refractivity contribution in [1.29, 1.82) is 0 Å². The third-order valence-electron chi connectivity index (χ3n) is 2.87. The van der Waals surface area contributed by atoms with Crippen LogP contribution in [0.4, 0.5) is 0 Å². The summed E-state index contributed by atoms with van der Waals surface area (Å²) < 4.78 is 0. The summed E-state index contributed by atoms with van der Waals surface area (Å²) in [4.78, 5) is 1.35. The molecule has 1 heterocycles. The van der Waals surface area contributed by atoms with Gasteiger partial charge in [-0.3, -0.25) is 0 Å². The minimum Gasteiger partial charge on any atom is -0.389 e. The quantitative estimate of drug-likeness (QED) is 0.780. The van der Waals surface area contributed by atoms with Crippen LogP contribution in [0, 0.1) is 5.92 Å². The van der Waals surface area contributed by atoms with Gasteiger partial charge in [0.25, 0.3) is 0 Å². The topological polar surface area (TPSA) is 32.3 Å². The third-order valence-corrected chi connectivity index (χ3v) is 3.86. The van der Waals surface area contributed by atoms with Crippen molar-refractivity contribution in [2.75, 3.05) is 6.54 Å². The highest BCUT2D eigenvalue weighted by molar-refractivity contribution is 7.10. The summed E-state index contributed by atoms with van der Waals surface area (Å²) in [5, 5.41) is 15.8. The molecule has 2 N–H and O–H groups in total. The molecule has 2 atom stereocenters. The lowest BCUT2D eigenvalue weighted by Gasteiger charge is -2.28. The number of thiophene rings is 1. The van der Waals surface area contributed by atoms with Crippen molar-refractivity contribution in [1.82, 2.24) is 5.32 Å². The van der Waals surface area contributed by atoms with Gasteiger partial charge in [0.15, 0.2) is 0 Å². The number of aliphatic hydroxyl groups is 1. The van der Waals surface area contributed by atoms with E-state index < -0.39 is 5.60 Å². The van der Waals surface area contributed by atoms with Crippen LogP contribution in [0.25, 0.3) is 0 Å². The second-order valence-corrected chi connectivity index (χ2v) is 6.43. The molecule has 1 aromatic heterocycles. The highest BCUT2D eigenvalue weighted by atomic mass is 32.1. The average molecular weight is 255 g/mol. The van der Waals surface area contributed by atoms with Gasteiger partial charge >= 0.3 is 0 Å². The van der Waals surface area contributed by atoms with Gasteiger partial charge in [-0.1, -0.05) is 26.8 Å². The van der Waals surface area contributed by atoms with Gasteiger partial charge in [-0.05, 0) is 37.1 Å². The predicted molar refractivity (Wildman–Crippen MR) is 75.4 cm³/mol. The molecule has 0 saturated carbocycles. The maximum absolute atomic E-state index is 10.3. The first-order chi connectivity index (χ1) is 7.94. The maximum Gasteiger partial charge on any atom is 0.0746 e. The monoisotopic (exact) mass is 255 g/mol. The Morgan fingerprint density at radius 1 is 1.47 bits per heavy atom. The number of rotatable bonds is 7. The van der Waals surface area contributed by atoms with E-state index in [-0.39, 0.29) is 0 Å². The van der Waals surface area contributed by atoms with E-state index in [9.17, 15) is 5.11 Å². The number of hydrogen-bond acceptors (Lipinski definition) is 3. The van der Waals surface area contributed by atoms with Crippen molar-refractivity contribution in [3.05, 3.63) is 22.4 Å². The summed E-state index contributed by atoms with van der Waals surface area (Å²) in [7, 11) is 0. The first kappa shape index (κ1) is 14.7. The zero-order chi connectivity index (χ0) is 12.9. The highest BCUT2D eigenvalue weighted by Gasteiger charge is 2.23.